The second kappa shape index (κ2) is 7.33. The highest BCUT2D eigenvalue weighted by atomic mass is 35.5. The molecule has 0 spiro atoms. The second-order valence-electron chi connectivity index (χ2n) is 9.82. The van der Waals surface area contributed by atoms with Crippen LogP contribution in [0.15, 0.2) is 11.6 Å². The van der Waals surface area contributed by atoms with E-state index in [2.05, 4.69) is 0 Å². The summed E-state index contributed by atoms with van der Waals surface area (Å²) in [5.74, 6) is -3.26. The molecule has 0 aromatic carbocycles. The van der Waals surface area contributed by atoms with Crippen molar-refractivity contribution in [1.29, 1.82) is 0 Å². The van der Waals surface area contributed by atoms with Crippen molar-refractivity contribution in [2.24, 2.45) is 34.5 Å². The largest absolute Gasteiger partial charge is 0.481 e. The van der Waals surface area contributed by atoms with Crippen molar-refractivity contribution in [3.05, 3.63) is 11.6 Å². The molecular weight excluding hydrogens is 431 g/mol. The third-order valence-electron chi connectivity index (χ3n) is 8.36. The van der Waals surface area contributed by atoms with Crippen LogP contribution in [-0.2, 0) is 23.9 Å². The summed E-state index contributed by atoms with van der Waals surface area (Å²) in [7, 11) is 0. The van der Waals surface area contributed by atoms with Gasteiger partial charge in [0.25, 0.3) is 0 Å². The number of hydrogen-bond donors (Lipinski definition) is 1. The average Bonchev–Trinajstić information content (AvgIpc) is 2.97. The summed E-state index contributed by atoms with van der Waals surface area (Å²) in [6.07, 6.45) is 4.45. The molecule has 164 valence electrons. The number of carboxylic acids is 1. The summed E-state index contributed by atoms with van der Waals surface area (Å²) < 4.78 is 5.58. The summed E-state index contributed by atoms with van der Waals surface area (Å²) in [6.45, 7) is 3.96. The van der Waals surface area contributed by atoms with Crippen LogP contribution in [0.4, 0.5) is 0 Å². The van der Waals surface area contributed by atoms with Gasteiger partial charge >= 0.3 is 11.9 Å². The number of ketones is 2. The molecule has 0 saturated heterocycles. The first-order valence-electron chi connectivity index (χ1n) is 10.5. The van der Waals surface area contributed by atoms with Gasteiger partial charge in [0.1, 0.15) is 17.8 Å². The van der Waals surface area contributed by atoms with E-state index in [4.69, 9.17) is 27.9 Å². The van der Waals surface area contributed by atoms with E-state index in [0.717, 1.165) is 18.4 Å². The normalized spacial score (nSPS) is 42.8. The lowest BCUT2D eigenvalue weighted by atomic mass is 9.46. The van der Waals surface area contributed by atoms with Gasteiger partial charge in [-0.3, -0.25) is 14.4 Å². The smallest absolute Gasteiger partial charge is 0.339 e. The Morgan fingerprint density at radius 2 is 1.90 bits per heavy atom. The van der Waals surface area contributed by atoms with Gasteiger partial charge in [-0.15, -0.1) is 0 Å². The van der Waals surface area contributed by atoms with Crippen LogP contribution >= 0.6 is 23.2 Å². The molecule has 3 saturated carbocycles. The molecule has 0 aliphatic heterocycles. The number of alkyl halides is 2. The molecule has 30 heavy (non-hydrogen) atoms. The van der Waals surface area contributed by atoms with Crippen LogP contribution in [0.25, 0.3) is 0 Å². The Hall–Kier alpha value is -1.40. The molecule has 0 bridgehead atoms. The van der Waals surface area contributed by atoms with Crippen LogP contribution in [0.3, 0.4) is 0 Å². The van der Waals surface area contributed by atoms with Crippen molar-refractivity contribution in [2.75, 3.05) is 0 Å². The van der Waals surface area contributed by atoms with Crippen LogP contribution in [0, 0.1) is 34.5 Å². The van der Waals surface area contributed by atoms with E-state index in [0.29, 0.717) is 12.8 Å². The number of esters is 1. The number of hydrogen-bond acceptors (Lipinski definition) is 5. The Labute approximate surface area is 185 Å². The van der Waals surface area contributed by atoms with Crippen LogP contribution in [-0.4, -0.2) is 39.6 Å². The molecule has 6 nitrogen and oxygen atoms in total. The Kier molecular flexibility index (Phi) is 5.33. The van der Waals surface area contributed by atoms with E-state index >= 15 is 0 Å². The number of aliphatic carboxylic acids is 1. The standard InChI is InChI=1S/C22H26Cl2O6/c1-21-8-12(19(27)28)14(25)7-10(21)3-4-11-13-5-6-16(30-20(29)18(23)24)22(13,2)9-15(26)17(11)21/h7,11-13,16-18H,3-6,8-9H2,1-2H3,(H,27,28)/t11-,12?,13-,16?,17-,21-,22-/m0/s1. The molecule has 0 aromatic rings. The van der Waals surface area contributed by atoms with Crippen LogP contribution in [0.1, 0.15) is 52.4 Å². The number of rotatable bonds is 3. The maximum Gasteiger partial charge on any atom is 0.339 e. The monoisotopic (exact) mass is 456 g/mol. The zero-order chi connectivity index (χ0) is 22.0. The molecule has 1 N–H and O–H groups in total. The van der Waals surface area contributed by atoms with Crippen molar-refractivity contribution < 1.29 is 29.0 Å². The summed E-state index contributed by atoms with van der Waals surface area (Å²) in [5, 5.41) is 9.52. The molecule has 0 heterocycles. The van der Waals surface area contributed by atoms with Gasteiger partial charge in [0.2, 0.25) is 4.84 Å². The molecule has 0 radical (unpaired) electrons. The number of allylic oxidation sites excluding steroid dienone is 1. The predicted octanol–water partition coefficient (Wildman–Crippen LogP) is 3.72. The summed E-state index contributed by atoms with van der Waals surface area (Å²) in [5.41, 5.74) is -0.189. The highest BCUT2D eigenvalue weighted by Gasteiger charge is 2.64. The van der Waals surface area contributed by atoms with E-state index in [1.165, 1.54) is 6.08 Å². The zero-order valence-corrected chi connectivity index (χ0v) is 18.5. The Morgan fingerprint density at radius 3 is 2.53 bits per heavy atom. The number of ether oxygens (including phenoxy) is 1. The first-order chi connectivity index (χ1) is 14.0. The highest BCUT2D eigenvalue weighted by molar-refractivity contribution is 6.52. The Bertz CT molecular complexity index is 851. The van der Waals surface area contributed by atoms with E-state index in [9.17, 15) is 24.3 Å². The molecule has 4 aliphatic rings. The second-order valence-corrected chi connectivity index (χ2v) is 10.9. The number of carbonyl (C=O) groups excluding carboxylic acids is 3. The lowest BCUT2D eigenvalue weighted by molar-refractivity contribution is -0.164. The fourth-order valence-electron chi connectivity index (χ4n) is 7.02. The van der Waals surface area contributed by atoms with Crippen molar-refractivity contribution in [3.8, 4) is 0 Å². The minimum Gasteiger partial charge on any atom is -0.481 e. The summed E-state index contributed by atoms with van der Waals surface area (Å²) in [4.78, 5) is 48.2. The number of carbonyl (C=O) groups is 4. The lowest BCUT2D eigenvalue weighted by Crippen LogP contribution is -2.57. The number of Topliss-reactive ketones (excluding diaryl/α,β-unsaturated/α-hetero) is 1. The predicted molar refractivity (Wildman–Crippen MR) is 109 cm³/mol. The van der Waals surface area contributed by atoms with Gasteiger partial charge in [-0.05, 0) is 50.0 Å². The number of halogens is 2. The Balaban J connectivity index is 1.66. The third-order valence-corrected chi connectivity index (χ3v) is 8.72. The summed E-state index contributed by atoms with van der Waals surface area (Å²) in [6, 6.07) is 0. The maximum absolute atomic E-state index is 13.5. The quantitative estimate of drug-likeness (QED) is 0.394. The zero-order valence-electron chi connectivity index (χ0n) is 17.0. The molecule has 4 rings (SSSR count). The molecule has 4 aliphatic carbocycles. The van der Waals surface area contributed by atoms with Crippen molar-refractivity contribution in [2.45, 2.75) is 63.3 Å². The van der Waals surface area contributed by atoms with Gasteiger partial charge in [-0.1, -0.05) is 42.6 Å². The Morgan fingerprint density at radius 1 is 1.20 bits per heavy atom. The molecule has 0 amide bonds. The first kappa shape index (κ1) is 21.8. The molecular formula is C22H26Cl2O6. The van der Waals surface area contributed by atoms with E-state index in [1.807, 2.05) is 13.8 Å². The van der Waals surface area contributed by atoms with Crippen LogP contribution in [0.2, 0.25) is 0 Å². The molecule has 7 atom stereocenters. The minimum absolute atomic E-state index is 0.0709. The molecule has 0 aromatic heterocycles. The van der Waals surface area contributed by atoms with Crippen molar-refractivity contribution >= 4 is 46.7 Å². The fourth-order valence-corrected chi connectivity index (χ4v) is 7.13. The molecule has 3 fully saturated rings. The number of fused-ring (bicyclic) bond motifs is 5. The molecule has 2 unspecified atom stereocenters. The van der Waals surface area contributed by atoms with E-state index in [1.54, 1.807) is 0 Å². The average molecular weight is 457 g/mol. The van der Waals surface area contributed by atoms with Crippen LogP contribution in [0.5, 0.6) is 0 Å². The maximum atomic E-state index is 13.5. The van der Waals surface area contributed by atoms with E-state index < -0.39 is 39.6 Å². The van der Waals surface area contributed by atoms with Crippen LogP contribution < -0.4 is 0 Å². The van der Waals surface area contributed by atoms with Gasteiger partial charge in [-0.25, -0.2) is 4.79 Å². The van der Waals surface area contributed by atoms with Gasteiger partial charge < -0.3 is 9.84 Å². The van der Waals surface area contributed by atoms with Gasteiger partial charge in [-0.2, -0.15) is 0 Å². The van der Waals surface area contributed by atoms with E-state index in [-0.39, 0.29) is 42.2 Å². The third kappa shape index (κ3) is 3.13. The van der Waals surface area contributed by atoms with Gasteiger partial charge in [0.05, 0.1) is 0 Å². The number of carboxylic acid groups (broad SMARTS) is 1. The fraction of sp³-hybridized carbons (Fsp3) is 0.727. The SMILES string of the molecule is C[C@]12CC(C(=O)O)C(=O)C=C1CC[C@@H]1[C@H]2C(=O)C[C@]2(C)C(OC(=O)C(Cl)Cl)CC[C@@H]12. The lowest BCUT2D eigenvalue weighted by Gasteiger charge is -2.57. The summed E-state index contributed by atoms with van der Waals surface area (Å²) >= 11 is 11.3. The molecule has 8 heteroatoms. The van der Waals surface area contributed by atoms with Gasteiger partial charge in [0, 0.05) is 23.2 Å². The first-order valence-corrected chi connectivity index (χ1v) is 11.4. The van der Waals surface area contributed by atoms with Crippen molar-refractivity contribution in [1.82, 2.24) is 0 Å². The minimum atomic E-state index is -1.26. The van der Waals surface area contributed by atoms with Gasteiger partial charge in [0.15, 0.2) is 5.78 Å². The highest BCUT2D eigenvalue weighted by Crippen LogP contribution is 2.65. The van der Waals surface area contributed by atoms with Crippen molar-refractivity contribution in [3.63, 3.8) is 0 Å². The topological polar surface area (TPSA) is 97.7 Å².